The maximum atomic E-state index is 12.3. The van der Waals surface area contributed by atoms with Crippen LogP contribution in [0.2, 0.25) is 0 Å². The van der Waals surface area contributed by atoms with Gasteiger partial charge < -0.3 is 10.2 Å². The second kappa shape index (κ2) is 7.26. The summed E-state index contributed by atoms with van der Waals surface area (Å²) in [6, 6.07) is 6.42. The summed E-state index contributed by atoms with van der Waals surface area (Å²) < 4.78 is 1.31. The molecule has 9 nitrogen and oxygen atoms in total. The fourth-order valence-corrected chi connectivity index (χ4v) is 3.43. The van der Waals surface area contributed by atoms with Gasteiger partial charge in [-0.15, -0.1) is 0 Å². The Balaban J connectivity index is 1.38. The molecule has 4 rings (SSSR count). The number of hydroxylamine groups is 2. The number of amides is 3. The normalized spacial score (nSPS) is 16.4. The first-order valence-corrected chi connectivity index (χ1v) is 9.05. The van der Waals surface area contributed by atoms with Gasteiger partial charge in [-0.25, -0.2) is 4.79 Å². The zero-order valence-corrected chi connectivity index (χ0v) is 15.0. The lowest BCUT2D eigenvalue weighted by Gasteiger charge is -2.12. The van der Waals surface area contributed by atoms with Crippen molar-refractivity contribution in [3.05, 3.63) is 53.3 Å². The Kier molecular flexibility index (Phi) is 4.64. The van der Waals surface area contributed by atoms with Crippen molar-refractivity contribution < 1.29 is 24.0 Å². The summed E-state index contributed by atoms with van der Waals surface area (Å²) in [5, 5.41) is 7.34. The first kappa shape index (κ1) is 17.9. The van der Waals surface area contributed by atoms with Crippen LogP contribution in [-0.4, -0.2) is 44.6 Å². The third-order valence-electron chi connectivity index (χ3n) is 4.83. The van der Waals surface area contributed by atoms with Crippen LogP contribution in [0, 0.1) is 0 Å². The number of nitrogens with one attached hydrogen (secondary N) is 1. The van der Waals surface area contributed by atoms with Crippen LogP contribution >= 0.6 is 0 Å². The SMILES string of the molecule is O=C(Cn1cc(C(=O)ON2C(=O)c3ccccc3C2=O)cn1)NC1CCCC1. The van der Waals surface area contributed by atoms with E-state index in [4.69, 9.17) is 4.84 Å². The van der Waals surface area contributed by atoms with Gasteiger partial charge in [-0.05, 0) is 25.0 Å². The van der Waals surface area contributed by atoms with Gasteiger partial charge in [0.2, 0.25) is 5.91 Å². The molecule has 1 aliphatic heterocycles. The predicted octanol–water partition coefficient (Wildman–Crippen LogP) is 1.31. The molecule has 0 spiro atoms. The highest BCUT2D eigenvalue weighted by Crippen LogP contribution is 2.23. The monoisotopic (exact) mass is 382 g/mol. The van der Waals surface area contributed by atoms with Crippen LogP contribution in [0.5, 0.6) is 0 Å². The number of benzene rings is 1. The van der Waals surface area contributed by atoms with Crippen LogP contribution in [0.1, 0.15) is 56.8 Å². The quantitative estimate of drug-likeness (QED) is 0.781. The van der Waals surface area contributed by atoms with E-state index >= 15 is 0 Å². The first-order valence-electron chi connectivity index (χ1n) is 9.05. The summed E-state index contributed by atoms with van der Waals surface area (Å²) in [5.41, 5.74) is 0.393. The third-order valence-corrected chi connectivity index (χ3v) is 4.83. The Morgan fingerprint density at radius 3 is 2.39 bits per heavy atom. The zero-order valence-electron chi connectivity index (χ0n) is 15.0. The first-order chi connectivity index (χ1) is 13.5. The van der Waals surface area contributed by atoms with E-state index in [9.17, 15) is 19.2 Å². The van der Waals surface area contributed by atoms with Gasteiger partial charge in [-0.3, -0.25) is 19.1 Å². The van der Waals surface area contributed by atoms with Crippen LogP contribution in [0.25, 0.3) is 0 Å². The van der Waals surface area contributed by atoms with E-state index < -0.39 is 17.8 Å². The molecule has 1 fully saturated rings. The van der Waals surface area contributed by atoms with Gasteiger partial charge in [-0.2, -0.15) is 5.10 Å². The van der Waals surface area contributed by atoms with E-state index in [1.165, 1.54) is 29.2 Å². The number of nitrogens with zero attached hydrogens (tertiary/aromatic N) is 3. The third kappa shape index (κ3) is 3.38. The summed E-state index contributed by atoms with van der Waals surface area (Å²) in [7, 11) is 0. The number of aromatic nitrogens is 2. The molecule has 9 heteroatoms. The molecule has 2 heterocycles. The van der Waals surface area contributed by atoms with Gasteiger partial charge in [-0.1, -0.05) is 30.0 Å². The van der Waals surface area contributed by atoms with Gasteiger partial charge in [0, 0.05) is 12.2 Å². The maximum Gasteiger partial charge on any atom is 0.367 e. The van der Waals surface area contributed by atoms with Crippen molar-refractivity contribution in [1.29, 1.82) is 0 Å². The van der Waals surface area contributed by atoms with Gasteiger partial charge in [0.25, 0.3) is 11.8 Å². The van der Waals surface area contributed by atoms with E-state index in [-0.39, 0.29) is 35.2 Å². The summed E-state index contributed by atoms with van der Waals surface area (Å²) in [6.45, 7) is -0.0310. The Bertz CT molecular complexity index is 926. The Morgan fingerprint density at radius 2 is 1.75 bits per heavy atom. The molecule has 2 aromatic rings. The average Bonchev–Trinajstić information content (AvgIpc) is 3.40. The Labute approximate surface area is 160 Å². The summed E-state index contributed by atoms with van der Waals surface area (Å²) in [6.07, 6.45) is 6.74. The number of hydrogen-bond donors (Lipinski definition) is 1. The van der Waals surface area contributed by atoms with Crippen molar-refractivity contribution in [3.8, 4) is 0 Å². The van der Waals surface area contributed by atoms with Gasteiger partial charge >= 0.3 is 5.97 Å². The van der Waals surface area contributed by atoms with E-state index in [0.29, 0.717) is 5.06 Å². The van der Waals surface area contributed by atoms with Crippen molar-refractivity contribution in [3.63, 3.8) is 0 Å². The van der Waals surface area contributed by atoms with Crippen molar-refractivity contribution in [2.24, 2.45) is 0 Å². The smallest absolute Gasteiger partial charge is 0.352 e. The molecule has 144 valence electrons. The Hall–Kier alpha value is -3.49. The Morgan fingerprint density at radius 1 is 1.11 bits per heavy atom. The molecule has 1 aliphatic carbocycles. The second-order valence-electron chi connectivity index (χ2n) is 6.80. The van der Waals surface area contributed by atoms with Crippen molar-refractivity contribution in [2.75, 3.05) is 0 Å². The highest BCUT2D eigenvalue weighted by atomic mass is 16.7. The van der Waals surface area contributed by atoms with Crippen LogP contribution < -0.4 is 5.32 Å². The van der Waals surface area contributed by atoms with Crippen molar-refractivity contribution >= 4 is 23.7 Å². The second-order valence-corrected chi connectivity index (χ2v) is 6.80. The van der Waals surface area contributed by atoms with Crippen LogP contribution in [0.3, 0.4) is 0 Å². The molecular weight excluding hydrogens is 364 g/mol. The molecule has 3 amide bonds. The van der Waals surface area contributed by atoms with E-state index in [1.807, 2.05) is 0 Å². The highest BCUT2D eigenvalue weighted by Gasteiger charge is 2.39. The lowest BCUT2D eigenvalue weighted by molar-refractivity contribution is -0.122. The fourth-order valence-electron chi connectivity index (χ4n) is 3.43. The lowest BCUT2D eigenvalue weighted by Crippen LogP contribution is -2.35. The number of hydrogen-bond acceptors (Lipinski definition) is 6. The maximum absolute atomic E-state index is 12.3. The number of fused-ring (bicyclic) bond motifs is 1. The van der Waals surface area contributed by atoms with Gasteiger partial charge in [0.05, 0.1) is 22.9 Å². The molecule has 0 atom stereocenters. The van der Waals surface area contributed by atoms with Crippen LogP contribution in [-0.2, 0) is 16.2 Å². The van der Waals surface area contributed by atoms with E-state index in [1.54, 1.807) is 12.1 Å². The molecular formula is C19H18N4O5. The van der Waals surface area contributed by atoms with E-state index in [2.05, 4.69) is 10.4 Å². The minimum atomic E-state index is -0.906. The number of carbonyl (C=O) groups excluding carboxylic acids is 4. The molecule has 0 unspecified atom stereocenters. The minimum absolute atomic E-state index is 0.0310. The molecule has 1 saturated carbocycles. The van der Waals surface area contributed by atoms with Crippen molar-refractivity contribution in [1.82, 2.24) is 20.2 Å². The molecule has 0 bridgehead atoms. The minimum Gasteiger partial charge on any atom is -0.352 e. The summed E-state index contributed by atoms with van der Waals surface area (Å²) in [4.78, 5) is 53.8. The largest absolute Gasteiger partial charge is 0.367 e. The number of imide groups is 1. The van der Waals surface area contributed by atoms with Crippen molar-refractivity contribution in [2.45, 2.75) is 38.3 Å². The van der Waals surface area contributed by atoms with Gasteiger partial charge in [0.15, 0.2) is 0 Å². The standard InChI is InChI=1S/C19H18N4O5/c24-16(21-13-5-1-2-6-13)11-22-10-12(9-20-22)19(27)28-23-17(25)14-7-3-4-8-15(14)18(23)26/h3-4,7-10,13H,1-2,5-6,11H2,(H,21,24). The zero-order chi connectivity index (χ0) is 19.7. The molecule has 1 aromatic carbocycles. The molecule has 1 N–H and O–H groups in total. The average molecular weight is 382 g/mol. The molecule has 1 aromatic heterocycles. The lowest BCUT2D eigenvalue weighted by atomic mass is 10.1. The highest BCUT2D eigenvalue weighted by molar-refractivity contribution is 6.21. The summed E-state index contributed by atoms with van der Waals surface area (Å²) >= 11 is 0. The molecule has 0 saturated heterocycles. The predicted molar refractivity (Wildman–Crippen MR) is 95.0 cm³/mol. The topological polar surface area (TPSA) is 111 Å². The van der Waals surface area contributed by atoms with Gasteiger partial charge in [0.1, 0.15) is 6.54 Å². The van der Waals surface area contributed by atoms with Crippen LogP contribution in [0.15, 0.2) is 36.7 Å². The van der Waals surface area contributed by atoms with Crippen LogP contribution in [0.4, 0.5) is 0 Å². The fraction of sp³-hybridized carbons (Fsp3) is 0.316. The summed E-state index contributed by atoms with van der Waals surface area (Å²) in [5.74, 6) is -2.48. The number of carbonyl (C=O) groups is 4. The number of rotatable bonds is 5. The molecule has 0 radical (unpaired) electrons. The molecule has 28 heavy (non-hydrogen) atoms. The molecule has 2 aliphatic rings. The van der Waals surface area contributed by atoms with E-state index in [0.717, 1.165) is 25.7 Å².